The summed E-state index contributed by atoms with van der Waals surface area (Å²) in [6.07, 6.45) is 0. The van der Waals surface area contributed by atoms with Crippen molar-refractivity contribution in [3.05, 3.63) is 156 Å². The lowest BCUT2D eigenvalue weighted by atomic mass is 10.0. The average Bonchev–Trinajstić information content (AvgIpc) is 3.87. The normalized spacial score (nSPS) is 12.0. The standard InChI is InChI=1S/C44H34N6/c1-27-29(3)47(43-45-37-19-11-13-21-39(37)49(43)31-15-7-5-8-16-31)41-33(27)23-25-36-35(41)26-24-34-28(2)30(4)48(42(34)36)44-46-38-20-12-14-22-40(38)50(44)32-17-9-6-10-18-32/h5-26H,1-4H3. The topological polar surface area (TPSA) is 45.5 Å². The van der Waals surface area contributed by atoms with Gasteiger partial charge < -0.3 is 0 Å². The van der Waals surface area contributed by atoms with Crippen molar-refractivity contribution in [3.63, 3.8) is 0 Å². The lowest BCUT2D eigenvalue weighted by Crippen LogP contribution is -2.08. The first kappa shape index (κ1) is 28.6. The van der Waals surface area contributed by atoms with Crippen LogP contribution in [0, 0.1) is 27.7 Å². The Bertz CT molecular complexity index is 2750. The first-order valence-electron chi connectivity index (χ1n) is 17.1. The highest BCUT2D eigenvalue weighted by Crippen LogP contribution is 2.41. The molecule has 0 spiro atoms. The number of rotatable bonds is 4. The van der Waals surface area contributed by atoms with E-state index in [0.717, 1.165) is 56.4 Å². The fourth-order valence-electron chi connectivity index (χ4n) is 8.01. The quantitative estimate of drug-likeness (QED) is 0.191. The van der Waals surface area contributed by atoms with Crippen molar-refractivity contribution in [1.82, 2.24) is 28.2 Å². The van der Waals surface area contributed by atoms with Crippen LogP contribution in [0.2, 0.25) is 0 Å². The number of fused-ring (bicyclic) bond motifs is 7. The summed E-state index contributed by atoms with van der Waals surface area (Å²) in [5.41, 5.74) is 13.4. The highest BCUT2D eigenvalue weighted by Gasteiger charge is 2.25. The summed E-state index contributed by atoms with van der Waals surface area (Å²) in [6.45, 7) is 8.89. The van der Waals surface area contributed by atoms with Crippen molar-refractivity contribution in [3.8, 4) is 23.3 Å². The van der Waals surface area contributed by atoms with E-state index in [4.69, 9.17) is 9.97 Å². The number of aromatic nitrogens is 6. The molecule has 10 rings (SSSR count). The predicted molar refractivity (Wildman–Crippen MR) is 206 cm³/mol. The van der Waals surface area contributed by atoms with Gasteiger partial charge in [-0.2, -0.15) is 0 Å². The van der Waals surface area contributed by atoms with E-state index in [1.165, 1.54) is 44.1 Å². The second-order valence-electron chi connectivity index (χ2n) is 13.3. The molecule has 240 valence electrons. The maximum atomic E-state index is 5.31. The minimum absolute atomic E-state index is 0.884. The number of para-hydroxylation sites is 6. The molecule has 0 unspecified atom stereocenters. The van der Waals surface area contributed by atoms with Crippen molar-refractivity contribution in [1.29, 1.82) is 0 Å². The van der Waals surface area contributed by atoms with Crippen molar-refractivity contribution in [2.45, 2.75) is 27.7 Å². The molecular weight excluding hydrogens is 613 g/mol. The van der Waals surface area contributed by atoms with Crippen LogP contribution in [0.3, 0.4) is 0 Å². The molecule has 6 nitrogen and oxygen atoms in total. The predicted octanol–water partition coefficient (Wildman–Crippen LogP) is 10.6. The Hall–Kier alpha value is -6.40. The molecule has 0 N–H and O–H groups in total. The van der Waals surface area contributed by atoms with E-state index >= 15 is 0 Å². The third-order valence-corrected chi connectivity index (χ3v) is 10.7. The smallest absolute Gasteiger partial charge is 0.220 e. The van der Waals surface area contributed by atoms with Gasteiger partial charge >= 0.3 is 0 Å². The second kappa shape index (κ2) is 10.5. The molecule has 0 aliphatic rings. The Balaban J connectivity index is 1.34. The average molecular weight is 647 g/mol. The van der Waals surface area contributed by atoms with Crippen molar-refractivity contribution in [2.24, 2.45) is 0 Å². The fraction of sp³-hybridized carbons (Fsp3) is 0.0909. The molecule has 4 aromatic heterocycles. The Morgan fingerprint density at radius 3 is 1.14 bits per heavy atom. The zero-order valence-electron chi connectivity index (χ0n) is 28.4. The lowest BCUT2D eigenvalue weighted by molar-refractivity contribution is 0.901. The molecule has 0 aliphatic heterocycles. The fourth-order valence-corrected chi connectivity index (χ4v) is 8.01. The molecule has 0 saturated carbocycles. The third-order valence-electron chi connectivity index (χ3n) is 10.7. The summed E-state index contributed by atoms with van der Waals surface area (Å²) in [4.78, 5) is 10.6. The maximum absolute atomic E-state index is 5.31. The van der Waals surface area contributed by atoms with Gasteiger partial charge in [0.2, 0.25) is 11.9 Å². The Labute approximate surface area is 289 Å². The molecule has 0 amide bonds. The highest BCUT2D eigenvalue weighted by molar-refractivity contribution is 6.18. The molecule has 0 atom stereocenters. The molecule has 0 saturated heterocycles. The molecule has 0 aliphatic carbocycles. The Morgan fingerprint density at radius 2 is 0.720 bits per heavy atom. The van der Waals surface area contributed by atoms with E-state index in [2.05, 4.69) is 179 Å². The zero-order valence-corrected chi connectivity index (χ0v) is 28.4. The summed E-state index contributed by atoms with van der Waals surface area (Å²) in [7, 11) is 0. The minimum Gasteiger partial charge on any atom is -0.283 e. The van der Waals surface area contributed by atoms with Gasteiger partial charge in [-0.1, -0.05) is 84.9 Å². The van der Waals surface area contributed by atoms with Crippen LogP contribution in [0.5, 0.6) is 0 Å². The summed E-state index contributed by atoms with van der Waals surface area (Å²) in [6, 6.07) is 47.2. The number of nitrogens with zero attached hydrogens (tertiary/aromatic N) is 6. The second-order valence-corrected chi connectivity index (χ2v) is 13.3. The number of hydrogen-bond acceptors (Lipinski definition) is 2. The Kier molecular flexibility index (Phi) is 6.03. The van der Waals surface area contributed by atoms with Crippen molar-refractivity contribution in [2.75, 3.05) is 0 Å². The van der Waals surface area contributed by atoms with Gasteiger partial charge in [0.25, 0.3) is 0 Å². The van der Waals surface area contributed by atoms with E-state index in [-0.39, 0.29) is 0 Å². The van der Waals surface area contributed by atoms with Crippen LogP contribution in [-0.4, -0.2) is 28.2 Å². The summed E-state index contributed by atoms with van der Waals surface area (Å²) in [5, 5.41) is 4.81. The number of imidazole rings is 2. The van der Waals surface area contributed by atoms with Crippen LogP contribution in [0.15, 0.2) is 133 Å². The van der Waals surface area contributed by atoms with Gasteiger partial charge in [-0.15, -0.1) is 0 Å². The molecule has 10 aromatic rings. The highest BCUT2D eigenvalue weighted by atomic mass is 15.3. The molecule has 6 heteroatoms. The SMILES string of the molecule is Cc1c(C)n(-c2nc3ccccc3n2-c2ccccc2)c2c1ccc1c2ccc2c(C)c(C)n(-c3nc4ccccc4n3-c3ccccc3)c21. The van der Waals surface area contributed by atoms with Gasteiger partial charge in [-0.05, 0) is 87.4 Å². The summed E-state index contributed by atoms with van der Waals surface area (Å²) < 4.78 is 9.33. The third kappa shape index (κ3) is 3.84. The van der Waals surface area contributed by atoms with Gasteiger partial charge in [-0.3, -0.25) is 18.3 Å². The molecule has 6 aromatic carbocycles. The van der Waals surface area contributed by atoms with Gasteiger partial charge in [0.1, 0.15) is 0 Å². The van der Waals surface area contributed by atoms with Gasteiger partial charge in [-0.25, -0.2) is 9.97 Å². The van der Waals surface area contributed by atoms with E-state index in [1.54, 1.807) is 0 Å². The van der Waals surface area contributed by atoms with E-state index < -0.39 is 0 Å². The van der Waals surface area contributed by atoms with Gasteiger partial charge in [0.05, 0.1) is 33.1 Å². The number of aryl methyl sites for hydroxylation is 2. The Morgan fingerprint density at radius 1 is 0.360 bits per heavy atom. The van der Waals surface area contributed by atoms with E-state index in [0.29, 0.717) is 0 Å². The lowest BCUT2D eigenvalue weighted by Gasteiger charge is -2.15. The molecule has 4 heterocycles. The summed E-state index contributed by atoms with van der Waals surface area (Å²) in [5.74, 6) is 1.77. The molecule has 0 fully saturated rings. The maximum Gasteiger partial charge on any atom is 0.220 e. The van der Waals surface area contributed by atoms with Crippen molar-refractivity contribution < 1.29 is 0 Å². The van der Waals surface area contributed by atoms with Crippen LogP contribution in [0.4, 0.5) is 0 Å². The monoisotopic (exact) mass is 646 g/mol. The summed E-state index contributed by atoms with van der Waals surface area (Å²) >= 11 is 0. The van der Waals surface area contributed by atoms with Gasteiger partial charge in [0.15, 0.2) is 0 Å². The van der Waals surface area contributed by atoms with Crippen LogP contribution in [-0.2, 0) is 0 Å². The van der Waals surface area contributed by atoms with Crippen molar-refractivity contribution >= 4 is 54.6 Å². The minimum atomic E-state index is 0.884. The first-order chi connectivity index (χ1) is 24.5. The largest absolute Gasteiger partial charge is 0.283 e. The molecule has 50 heavy (non-hydrogen) atoms. The van der Waals surface area contributed by atoms with E-state index in [1.807, 2.05) is 0 Å². The van der Waals surface area contributed by atoms with Crippen LogP contribution in [0.1, 0.15) is 22.5 Å². The molecule has 0 radical (unpaired) electrons. The zero-order chi connectivity index (χ0) is 33.7. The van der Waals surface area contributed by atoms with Crippen LogP contribution >= 0.6 is 0 Å². The molecule has 0 bridgehead atoms. The van der Waals surface area contributed by atoms with E-state index in [9.17, 15) is 0 Å². The molecular formula is C44H34N6. The first-order valence-corrected chi connectivity index (χ1v) is 17.1. The van der Waals surface area contributed by atoms with Crippen LogP contribution in [0.25, 0.3) is 77.9 Å². The number of benzene rings is 6. The van der Waals surface area contributed by atoms with Gasteiger partial charge in [0, 0.05) is 44.3 Å². The van der Waals surface area contributed by atoms with Crippen LogP contribution < -0.4 is 0 Å². The number of hydrogen-bond donors (Lipinski definition) is 0.